The maximum absolute atomic E-state index is 14.5. The molecule has 6 amide bonds. The first-order valence-corrected chi connectivity index (χ1v) is 25.5. The zero-order chi connectivity index (χ0) is 55.0. The van der Waals surface area contributed by atoms with Gasteiger partial charge in [0.1, 0.15) is 25.9 Å². The number of nitrogens with one attached hydrogen (secondary N) is 1. The highest BCUT2D eigenvalue weighted by molar-refractivity contribution is 5.96. The minimum Gasteiger partial charge on any atom is -0.449 e. The average molecular weight is 1050 g/mol. The van der Waals surface area contributed by atoms with Gasteiger partial charge < -0.3 is 46.9 Å². The summed E-state index contributed by atoms with van der Waals surface area (Å²) in [5.41, 5.74) is 24.2. The van der Waals surface area contributed by atoms with E-state index in [4.69, 9.17) is 31.4 Å². The van der Waals surface area contributed by atoms with Crippen molar-refractivity contribution in [1.29, 1.82) is 0 Å². The van der Waals surface area contributed by atoms with Gasteiger partial charge in [0.2, 0.25) is 17.7 Å². The molecule has 1 aliphatic rings. The third-order valence-corrected chi connectivity index (χ3v) is 13.7. The maximum Gasteiger partial charge on any atom is 0.417 e. The van der Waals surface area contributed by atoms with Gasteiger partial charge in [-0.05, 0) is 81.3 Å². The Morgan fingerprint density at radius 3 is 1.73 bits per heavy atom. The molecule has 0 fully saturated rings. The zero-order valence-electron chi connectivity index (χ0n) is 43.1. The first-order chi connectivity index (χ1) is 37.1. The number of fused-ring (bicyclic) bond motifs is 3. The molecule has 3 unspecified atom stereocenters. The Labute approximate surface area is 447 Å². The lowest BCUT2D eigenvalue weighted by molar-refractivity contribution is -0.136. The van der Waals surface area contributed by atoms with Gasteiger partial charge in [-0.2, -0.15) is 0 Å². The third kappa shape index (κ3) is 14.7. The number of amides is 6. The third-order valence-electron chi connectivity index (χ3n) is 13.7. The molecule has 0 aliphatic heterocycles. The van der Waals surface area contributed by atoms with Crippen molar-refractivity contribution in [3.05, 3.63) is 203 Å². The fraction of sp³-hybridized carbons (Fsp3) is 0.300. The molecule has 0 saturated heterocycles. The quantitative estimate of drug-likeness (QED) is 0.0333. The molecule has 7 rings (SSSR count). The lowest BCUT2D eigenvalue weighted by Gasteiger charge is -2.38. The number of primary amides is 2. The Morgan fingerprint density at radius 2 is 1.16 bits per heavy atom. The summed E-state index contributed by atoms with van der Waals surface area (Å²) in [6.07, 6.45) is -5.94. The van der Waals surface area contributed by atoms with Crippen LogP contribution in [0.25, 0.3) is 11.1 Å². The molecule has 17 nitrogen and oxygen atoms in total. The van der Waals surface area contributed by atoms with E-state index in [2.05, 4.69) is 5.32 Å². The monoisotopic (exact) mass is 1050 g/mol. The van der Waals surface area contributed by atoms with Gasteiger partial charge in [0.15, 0.2) is 0 Å². The van der Waals surface area contributed by atoms with Gasteiger partial charge in [-0.25, -0.2) is 19.3 Å². The highest BCUT2D eigenvalue weighted by Gasteiger charge is 2.42. The first-order valence-electron chi connectivity index (χ1n) is 25.5. The number of alkyl carbamates (subject to hydrolysis) is 1. The smallest absolute Gasteiger partial charge is 0.417 e. The topological polar surface area (TPSA) is 267 Å². The van der Waals surface area contributed by atoms with Crippen LogP contribution in [0.3, 0.4) is 0 Å². The minimum atomic E-state index is -1.63. The fourth-order valence-corrected chi connectivity index (χ4v) is 9.55. The van der Waals surface area contributed by atoms with Gasteiger partial charge >= 0.3 is 18.3 Å². The van der Waals surface area contributed by atoms with Crippen LogP contribution in [0.4, 0.5) is 14.4 Å². The van der Waals surface area contributed by atoms with Crippen LogP contribution in [-0.2, 0) is 54.6 Å². The predicted molar refractivity (Wildman–Crippen MR) is 288 cm³/mol. The Hall–Kier alpha value is -8.38. The molecule has 77 heavy (non-hydrogen) atoms. The van der Waals surface area contributed by atoms with Gasteiger partial charge in [0.25, 0.3) is 0 Å². The second kappa shape index (κ2) is 26.9. The predicted octanol–water partition coefficient (Wildman–Crippen LogP) is 7.05. The number of carbonyl (C=O) groups is 6. The summed E-state index contributed by atoms with van der Waals surface area (Å²) < 4.78 is 17.3. The molecule has 1 aliphatic carbocycles. The summed E-state index contributed by atoms with van der Waals surface area (Å²) in [5.74, 6) is -3.61. The van der Waals surface area contributed by atoms with E-state index in [0.29, 0.717) is 34.2 Å². The van der Waals surface area contributed by atoms with Crippen molar-refractivity contribution >= 4 is 36.0 Å². The summed E-state index contributed by atoms with van der Waals surface area (Å²) in [6, 6.07) is 43.7. The Kier molecular flexibility index (Phi) is 19.7. The number of hydrogen-bond donors (Lipinski definition) is 6. The molecule has 7 atom stereocenters. The lowest BCUT2D eigenvalue weighted by Crippen LogP contribution is -2.59. The largest absolute Gasteiger partial charge is 0.449 e. The van der Waals surface area contributed by atoms with E-state index in [9.17, 15) is 39.0 Å². The Balaban J connectivity index is 1.14. The molecular formula is C60H66N6O11. The van der Waals surface area contributed by atoms with E-state index in [1.54, 1.807) is 105 Å². The molecule has 0 spiro atoms. The van der Waals surface area contributed by atoms with Crippen molar-refractivity contribution < 1.29 is 53.2 Å². The van der Waals surface area contributed by atoms with Gasteiger partial charge in [-0.3, -0.25) is 19.3 Å². The summed E-state index contributed by atoms with van der Waals surface area (Å²) in [5, 5.41) is 26.8. The average Bonchev–Trinajstić information content (AvgIpc) is 3.77. The van der Waals surface area contributed by atoms with Crippen molar-refractivity contribution in [2.45, 2.75) is 95.0 Å². The molecule has 0 aromatic heterocycles. The molecule has 17 heteroatoms. The van der Waals surface area contributed by atoms with Gasteiger partial charge in [-0.15, -0.1) is 0 Å². The number of nitrogens with zero attached hydrogens (tertiary/aromatic N) is 2. The number of ether oxygens (including phenoxy) is 3. The SMILES string of the molecule is CC(C)[C@H](N)C(=O)N(C(=O)OCc1ccccc1)C(c1ccc2c(c1)-c1ccccc1C2COC(=O)NC[C@H](O)[C@@H](Cc1ccccc1)N(C(=O)OCc1ccccc1)[C@@H](CC(N)=O)C(N)=O)C(O)CCc1ccccc1. The van der Waals surface area contributed by atoms with Crippen molar-refractivity contribution in [3.63, 3.8) is 0 Å². The van der Waals surface area contributed by atoms with Gasteiger partial charge in [0.05, 0.1) is 36.8 Å². The second-order valence-corrected chi connectivity index (χ2v) is 19.4. The van der Waals surface area contributed by atoms with E-state index >= 15 is 0 Å². The highest BCUT2D eigenvalue weighted by Crippen LogP contribution is 2.46. The summed E-state index contributed by atoms with van der Waals surface area (Å²) in [7, 11) is 0. The molecule has 0 radical (unpaired) electrons. The van der Waals surface area contributed by atoms with Gasteiger partial charge in [0, 0.05) is 12.5 Å². The number of nitrogens with two attached hydrogens (primary N) is 3. The van der Waals surface area contributed by atoms with Crippen molar-refractivity contribution in [2.75, 3.05) is 13.2 Å². The van der Waals surface area contributed by atoms with Crippen LogP contribution in [-0.4, -0.2) is 99.5 Å². The van der Waals surface area contributed by atoms with E-state index in [-0.39, 0.29) is 38.6 Å². The molecule has 6 aromatic carbocycles. The van der Waals surface area contributed by atoms with Crippen molar-refractivity contribution in [2.24, 2.45) is 23.1 Å². The van der Waals surface area contributed by atoms with E-state index in [1.807, 2.05) is 72.8 Å². The summed E-state index contributed by atoms with van der Waals surface area (Å²) >= 11 is 0. The van der Waals surface area contributed by atoms with Crippen LogP contribution in [0.5, 0.6) is 0 Å². The number of imide groups is 1. The van der Waals surface area contributed by atoms with Crippen LogP contribution in [0.15, 0.2) is 164 Å². The molecule has 9 N–H and O–H groups in total. The Morgan fingerprint density at radius 1 is 0.623 bits per heavy atom. The van der Waals surface area contributed by atoms with Gasteiger partial charge in [-0.1, -0.05) is 172 Å². The zero-order valence-corrected chi connectivity index (χ0v) is 43.1. The highest BCUT2D eigenvalue weighted by atomic mass is 16.6. The number of aryl methyl sites for hydroxylation is 1. The van der Waals surface area contributed by atoms with Crippen LogP contribution in [0, 0.1) is 5.92 Å². The number of carbonyl (C=O) groups excluding carboxylic acids is 6. The summed E-state index contributed by atoms with van der Waals surface area (Å²) in [4.78, 5) is 83.7. The molecular weight excluding hydrogens is 981 g/mol. The minimum absolute atomic E-state index is 0.0599. The molecule has 402 valence electrons. The van der Waals surface area contributed by atoms with Crippen LogP contribution in [0.1, 0.15) is 77.6 Å². The molecule has 0 bridgehead atoms. The van der Waals surface area contributed by atoms with Crippen LogP contribution in [0.2, 0.25) is 0 Å². The second-order valence-electron chi connectivity index (χ2n) is 19.4. The number of rotatable bonds is 24. The maximum atomic E-state index is 14.5. The summed E-state index contributed by atoms with van der Waals surface area (Å²) in [6.45, 7) is 2.53. The molecule has 6 aromatic rings. The van der Waals surface area contributed by atoms with Crippen molar-refractivity contribution in [3.8, 4) is 11.1 Å². The van der Waals surface area contributed by atoms with E-state index in [1.165, 1.54) is 0 Å². The standard InChI is InChI=1S/C60H66N6O11/c1-38(2)54(62)57(71)66(60(74)77-36-42-23-13-6-14-24-42)55(51(67)30-27-39-17-7-3-8-18-39)43-28-29-46-47(32-43)44-25-15-16-26-45(44)48(46)37-75-58(72)64-34-52(68)49(31-40-19-9-4-10-20-40)65(50(56(63)70)33-53(61)69)59(73)76-35-41-21-11-5-12-22-41/h3-26,28-29,32,38,48-52,54-55,67-68H,27,30-31,33-37,62H2,1-2H3,(H2,61,69)(H2,63,70)(H,64,72)/t48?,49-,50+,51?,52+,54+,55?/m1/s1. The number of benzene rings is 6. The lowest BCUT2D eigenvalue weighted by atomic mass is 9.90. The van der Waals surface area contributed by atoms with Crippen LogP contribution < -0.4 is 22.5 Å². The Bertz CT molecular complexity index is 2950. The molecule has 0 saturated carbocycles. The fourth-order valence-electron chi connectivity index (χ4n) is 9.55. The van der Waals surface area contributed by atoms with Crippen LogP contribution >= 0.6 is 0 Å². The first kappa shape index (κ1) is 56.3. The number of aliphatic hydroxyl groups is 2. The van der Waals surface area contributed by atoms with E-state index < -0.39 is 91.3 Å². The van der Waals surface area contributed by atoms with Crippen molar-refractivity contribution in [1.82, 2.24) is 15.1 Å². The normalized spacial score (nSPS) is 14.8. The van der Waals surface area contributed by atoms with E-state index in [0.717, 1.165) is 32.1 Å². The molecule has 0 heterocycles. The number of hydrogen-bond acceptors (Lipinski definition) is 12. The number of aliphatic hydroxyl groups excluding tert-OH is 2.